The molecule has 2 rings (SSSR count). The molecule has 0 bridgehead atoms. The van der Waals surface area contributed by atoms with Gasteiger partial charge < -0.3 is 9.30 Å². The monoisotopic (exact) mass is 370 g/mol. The summed E-state index contributed by atoms with van der Waals surface area (Å²) in [5.41, 5.74) is -0.354. The fraction of sp³-hybridized carbons (Fsp3) is 0.318. The summed E-state index contributed by atoms with van der Waals surface area (Å²) >= 11 is 0. The van der Waals surface area contributed by atoms with Crippen LogP contribution in [0.5, 0.6) is 0 Å². The fourth-order valence-corrected chi connectivity index (χ4v) is 7.03. The second-order valence-electron chi connectivity index (χ2n) is 6.66. The molecule has 2 aromatic carbocycles. The Hall–Kier alpha value is -2.12. The van der Waals surface area contributed by atoms with Crippen molar-refractivity contribution in [1.29, 1.82) is 0 Å². The van der Waals surface area contributed by atoms with E-state index in [-0.39, 0.29) is 17.5 Å². The molecule has 2 aromatic rings. The lowest BCUT2D eigenvalue weighted by molar-refractivity contribution is -0.144. The Morgan fingerprint density at radius 3 is 1.77 bits per heavy atom. The van der Waals surface area contributed by atoms with Crippen LogP contribution in [0.15, 0.2) is 72.8 Å². The van der Waals surface area contributed by atoms with Gasteiger partial charge in [-0.05, 0) is 18.9 Å². The highest BCUT2D eigenvalue weighted by atomic mass is 31.2. The molecule has 0 aromatic heterocycles. The molecule has 3 nitrogen and oxygen atoms in total. The lowest BCUT2D eigenvalue weighted by Gasteiger charge is -2.35. The molecule has 0 saturated carbocycles. The number of allylic oxidation sites excluding steroid dienone is 1. The van der Waals surface area contributed by atoms with E-state index in [2.05, 4.69) is 0 Å². The average molecular weight is 370 g/mol. The summed E-state index contributed by atoms with van der Waals surface area (Å²) < 4.78 is 20.2. The summed E-state index contributed by atoms with van der Waals surface area (Å²) in [6.45, 7) is 7.33. The zero-order chi connectivity index (χ0) is 19.2. The van der Waals surface area contributed by atoms with Gasteiger partial charge in [0.05, 0.1) is 5.66 Å². The number of carbonyl (C=O) groups excluding carboxylic acids is 1. The summed E-state index contributed by atoms with van der Waals surface area (Å²) in [5, 5.41) is 1.57. The van der Waals surface area contributed by atoms with E-state index in [1.54, 1.807) is 0 Å². The number of ether oxygens (including phenoxy) is 1. The Labute approximate surface area is 156 Å². The summed E-state index contributed by atoms with van der Waals surface area (Å²) in [4.78, 5) is 11.7. The van der Waals surface area contributed by atoms with Crippen molar-refractivity contribution in [2.24, 2.45) is 5.92 Å². The van der Waals surface area contributed by atoms with Crippen molar-refractivity contribution < 1.29 is 14.1 Å². The van der Waals surface area contributed by atoms with Crippen molar-refractivity contribution in [3.63, 3.8) is 0 Å². The van der Waals surface area contributed by atoms with Gasteiger partial charge in [0, 0.05) is 17.5 Å². The maximum Gasteiger partial charge on any atom is 0.303 e. The fourth-order valence-electron chi connectivity index (χ4n) is 3.40. The third-order valence-electron chi connectivity index (χ3n) is 4.40. The van der Waals surface area contributed by atoms with Gasteiger partial charge in [0.15, 0.2) is 0 Å². The Morgan fingerprint density at radius 2 is 1.42 bits per heavy atom. The van der Waals surface area contributed by atoms with Crippen molar-refractivity contribution in [2.75, 3.05) is 0 Å². The number of esters is 1. The molecular weight excluding hydrogens is 343 g/mol. The Morgan fingerprint density at radius 1 is 0.962 bits per heavy atom. The minimum Gasteiger partial charge on any atom is -0.457 e. The third kappa shape index (κ3) is 4.34. The maximum absolute atomic E-state index is 14.6. The van der Waals surface area contributed by atoms with Gasteiger partial charge in [-0.1, -0.05) is 80.6 Å². The second kappa shape index (κ2) is 9.00. The second-order valence-corrected chi connectivity index (χ2v) is 9.61. The lowest BCUT2D eigenvalue weighted by Crippen LogP contribution is -2.39. The highest BCUT2D eigenvalue weighted by Gasteiger charge is 2.43. The van der Waals surface area contributed by atoms with E-state index in [1.165, 1.54) is 6.92 Å². The first-order chi connectivity index (χ1) is 12.4. The van der Waals surface area contributed by atoms with Gasteiger partial charge >= 0.3 is 5.97 Å². The van der Waals surface area contributed by atoms with E-state index >= 15 is 0 Å². The van der Waals surface area contributed by atoms with Crippen LogP contribution >= 0.6 is 7.14 Å². The van der Waals surface area contributed by atoms with Crippen LogP contribution in [0.2, 0.25) is 0 Å². The predicted octanol–water partition coefficient (Wildman–Crippen LogP) is 4.53. The molecule has 26 heavy (non-hydrogen) atoms. The molecule has 2 atom stereocenters. The van der Waals surface area contributed by atoms with Crippen LogP contribution in [0.25, 0.3) is 0 Å². The molecule has 0 N–H and O–H groups in total. The van der Waals surface area contributed by atoms with Gasteiger partial charge in [-0.15, -0.1) is 0 Å². The topological polar surface area (TPSA) is 43.4 Å². The summed E-state index contributed by atoms with van der Waals surface area (Å²) in [7, 11) is -3.06. The molecule has 0 saturated heterocycles. The van der Waals surface area contributed by atoms with Crippen LogP contribution in [-0.4, -0.2) is 17.7 Å². The predicted molar refractivity (Wildman–Crippen MR) is 109 cm³/mol. The van der Waals surface area contributed by atoms with Gasteiger partial charge in [0.25, 0.3) is 0 Å². The molecule has 138 valence electrons. The molecule has 0 amide bonds. The van der Waals surface area contributed by atoms with Crippen LogP contribution in [0.4, 0.5) is 0 Å². The number of rotatable bonds is 7. The smallest absolute Gasteiger partial charge is 0.303 e. The van der Waals surface area contributed by atoms with Crippen LogP contribution in [0.3, 0.4) is 0 Å². The molecule has 0 spiro atoms. The highest BCUT2D eigenvalue weighted by Crippen LogP contribution is 2.53. The number of hydrogen-bond donors (Lipinski definition) is 0. The molecule has 0 fully saturated rings. The van der Waals surface area contributed by atoms with Crippen LogP contribution in [0, 0.1) is 5.92 Å². The zero-order valence-corrected chi connectivity index (χ0v) is 16.7. The standard InChI is InChI=1S/C22H27O3P/c1-5-12-21(25-18(4)23)22(17(2)3)26(24,19-13-8-6-9-14-19)20-15-10-7-11-16-20/h5-17,21-22H,1-4H3/b12-5+/t21-,22+/m1/s1. The first-order valence-electron chi connectivity index (χ1n) is 8.92. The Kier molecular flexibility index (Phi) is 6.99. The van der Waals surface area contributed by atoms with Crippen LogP contribution < -0.4 is 10.6 Å². The Bertz CT molecular complexity index is 738. The van der Waals surface area contributed by atoms with Crippen molar-refractivity contribution >= 4 is 23.7 Å². The van der Waals surface area contributed by atoms with Gasteiger partial charge in [-0.25, -0.2) is 0 Å². The van der Waals surface area contributed by atoms with E-state index in [0.29, 0.717) is 0 Å². The number of benzene rings is 2. The van der Waals surface area contributed by atoms with Gasteiger partial charge in [-0.2, -0.15) is 0 Å². The van der Waals surface area contributed by atoms with Crippen molar-refractivity contribution in [2.45, 2.75) is 39.5 Å². The molecule has 4 heteroatoms. The highest BCUT2D eigenvalue weighted by molar-refractivity contribution is 7.79. The molecule has 0 radical (unpaired) electrons. The van der Waals surface area contributed by atoms with E-state index in [4.69, 9.17) is 4.74 Å². The Balaban J connectivity index is 2.71. The maximum atomic E-state index is 14.6. The normalized spacial score (nSPS) is 14.3. The zero-order valence-electron chi connectivity index (χ0n) is 15.8. The summed E-state index contributed by atoms with van der Waals surface area (Å²) in [6, 6.07) is 19.1. The van der Waals surface area contributed by atoms with Gasteiger partial charge in [0.1, 0.15) is 13.2 Å². The van der Waals surface area contributed by atoms with Gasteiger partial charge in [-0.3, -0.25) is 4.79 Å². The quantitative estimate of drug-likeness (QED) is 0.408. The van der Waals surface area contributed by atoms with E-state index in [1.807, 2.05) is 93.6 Å². The van der Waals surface area contributed by atoms with Crippen LogP contribution in [0.1, 0.15) is 27.7 Å². The van der Waals surface area contributed by atoms with Gasteiger partial charge in [0.2, 0.25) is 0 Å². The third-order valence-corrected chi connectivity index (χ3v) is 8.26. The van der Waals surface area contributed by atoms with E-state index in [9.17, 15) is 9.36 Å². The SMILES string of the molecule is C/C=C/[C@@H](OC(C)=O)[C@H](C(C)C)P(=O)(c1ccccc1)c1ccccc1. The molecule has 0 heterocycles. The van der Waals surface area contributed by atoms with E-state index < -0.39 is 13.2 Å². The molecule has 0 aliphatic heterocycles. The molecule has 0 aliphatic rings. The van der Waals surface area contributed by atoms with E-state index in [0.717, 1.165) is 10.6 Å². The van der Waals surface area contributed by atoms with Crippen molar-refractivity contribution in [3.8, 4) is 0 Å². The van der Waals surface area contributed by atoms with Crippen molar-refractivity contribution in [3.05, 3.63) is 72.8 Å². The molecular formula is C22H27O3P. The average Bonchev–Trinajstić information content (AvgIpc) is 2.62. The van der Waals surface area contributed by atoms with Crippen molar-refractivity contribution in [1.82, 2.24) is 0 Å². The number of carbonyl (C=O) groups is 1. The van der Waals surface area contributed by atoms with Crippen LogP contribution in [-0.2, 0) is 14.1 Å². The molecule has 0 unspecified atom stereocenters. The minimum absolute atomic E-state index is 0.0433. The first kappa shape index (κ1) is 20.2. The number of hydrogen-bond acceptors (Lipinski definition) is 3. The largest absolute Gasteiger partial charge is 0.457 e. The summed E-state index contributed by atoms with van der Waals surface area (Å²) in [5.74, 6) is -0.326. The lowest BCUT2D eigenvalue weighted by atomic mass is 10.0. The molecule has 0 aliphatic carbocycles. The first-order valence-corrected chi connectivity index (χ1v) is 10.7. The summed E-state index contributed by atoms with van der Waals surface area (Å²) in [6.07, 6.45) is 3.14. The minimum atomic E-state index is -3.06.